The third kappa shape index (κ3) is 2.36. The molecule has 0 unspecified atom stereocenters. The highest BCUT2D eigenvalue weighted by molar-refractivity contribution is 7.19. The van der Waals surface area contributed by atoms with Crippen LogP contribution in [-0.4, -0.2) is 43.0 Å². The van der Waals surface area contributed by atoms with Gasteiger partial charge in [-0.15, -0.1) is 16.4 Å². The summed E-state index contributed by atoms with van der Waals surface area (Å²) in [6.07, 6.45) is 8.57. The van der Waals surface area contributed by atoms with Crippen LogP contribution < -0.4 is 0 Å². The molecule has 6 nitrogen and oxygen atoms in total. The van der Waals surface area contributed by atoms with Crippen LogP contribution in [0.1, 0.15) is 72.9 Å². The number of carbonyl (C=O) groups excluding carboxylic acids is 1. The molecule has 2 atom stereocenters. The zero-order chi connectivity index (χ0) is 17.8. The van der Waals surface area contributed by atoms with E-state index in [9.17, 15) is 4.79 Å². The van der Waals surface area contributed by atoms with Gasteiger partial charge in [0.25, 0.3) is 5.91 Å². The van der Waals surface area contributed by atoms with Gasteiger partial charge in [-0.2, -0.15) is 0 Å². The Labute approximate surface area is 156 Å². The van der Waals surface area contributed by atoms with Gasteiger partial charge in [-0.1, -0.05) is 6.92 Å². The van der Waals surface area contributed by atoms with Crippen molar-refractivity contribution in [2.45, 2.75) is 64.3 Å². The number of hydrogen-bond donors (Lipinski definition) is 0. The number of aromatic nitrogens is 4. The standard InChI is InChI=1S/C19H23N5OS/c1-11-6-5-8-13-14(11)15-17-21-16(22-24(17)10-20-18(15)26-13)19(25)23-9-4-3-7-12(23)2/h10-12H,3-9H2,1-2H3/t11-,12+/m1/s1. The molecule has 3 aromatic heterocycles. The van der Waals surface area contributed by atoms with Gasteiger partial charge in [-0.25, -0.2) is 14.5 Å². The highest BCUT2D eigenvalue weighted by Crippen LogP contribution is 2.42. The molecule has 1 aliphatic heterocycles. The molecule has 3 aromatic rings. The van der Waals surface area contributed by atoms with Gasteiger partial charge in [0, 0.05) is 17.5 Å². The van der Waals surface area contributed by atoms with Crippen LogP contribution in [0.4, 0.5) is 0 Å². The van der Waals surface area contributed by atoms with Crippen LogP contribution >= 0.6 is 11.3 Å². The van der Waals surface area contributed by atoms with Crippen molar-refractivity contribution in [1.82, 2.24) is 24.5 Å². The Morgan fingerprint density at radius 1 is 1.23 bits per heavy atom. The van der Waals surface area contributed by atoms with Crippen molar-refractivity contribution in [1.29, 1.82) is 0 Å². The molecule has 136 valence electrons. The summed E-state index contributed by atoms with van der Waals surface area (Å²) in [5.41, 5.74) is 2.17. The van der Waals surface area contributed by atoms with E-state index in [1.165, 1.54) is 29.7 Å². The Hall–Kier alpha value is -2.02. The van der Waals surface area contributed by atoms with E-state index in [2.05, 4.69) is 23.9 Å². The van der Waals surface area contributed by atoms with Gasteiger partial charge in [0.15, 0.2) is 5.65 Å². The molecule has 7 heteroatoms. The smallest absolute Gasteiger partial charge is 0.293 e. The zero-order valence-corrected chi connectivity index (χ0v) is 16.1. The number of rotatable bonds is 1. The first kappa shape index (κ1) is 16.2. The lowest BCUT2D eigenvalue weighted by atomic mass is 9.87. The number of likely N-dealkylation sites (tertiary alicyclic amines) is 1. The van der Waals surface area contributed by atoms with Crippen molar-refractivity contribution in [3.8, 4) is 0 Å². The van der Waals surface area contributed by atoms with Crippen molar-refractivity contribution in [2.24, 2.45) is 0 Å². The number of carbonyl (C=O) groups is 1. The average Bonchev–Trinajstić information content (AvgIpc) is 3.23. The molecule has 0 saturated carbocycles. The Bertz CT molecular complexity index is 1010. The second kappa shape index (κ2) is 6.01. The Morgan fingerprint density at radius 3 is 2.96 bits per heavy atom. The van der Waals surface area contributed by atoms with Crippen LogP contribution in [0.5, 0.6) is 0 Å². The number of amides is 1. The first-order chi connectivity index (χ1) is 12.6. The summed E-state index contributed by atoms with van der Waals surface area (Å²) in [5.74, 6) is 0.765. The average molecular weight is 369 g/mol. The minimum atomic E-state index is -0.0498. The molecule has 1 fully saturated rings. The van der Waals surface area contributed by atoms with Crippen molar-refractivity contribution < 1.29 is 4.79 Å². The van der Waals surface area contributed by atoms with Crippen LogP contribution in [-0.2, 0) is 6.42 Å². The number of thiophene rings is 1. The number of fused-ring (bicyclic) bond motifs is 5. The molecule has 1 aliphatic carbocycles. The van der Waals surface area contributed by atoms with E-state index >= 15 is 0 Å². The quantitative estimate of drug-likeness (QED) is 0.655. The number of nitrogens with zero attached hydrogens (tertiary/aromatic N) is 5. The summed E-state index contributed by atoms with van der Waals surface area (Å²) < 4.78 is 1.69. The summed E-state index contributed by atoms with van der Waals surface area (Å²) in [6.45, 7) is 5.20. The summed E-state index contributed by atoms with van der Waals surface area (Å²) in [4.78, 5) is 26.7. The monoisotopic (exact) mass is 369 g/mol. The van der Waals surface area contributed by atoms with Crippen molar-refractivity contribution in [2.75, 3.05) is 6.54 Å². The Kier molecular flexibility index (Phi) is 3.74. The fraction of sp³-hybridized carbons (Fsp3) is 0.579. The van der Waals surface area contributed by atoms with Crippen LogP contribution in [0.2, 0.25) is 0 Å². The van der Waals surface area contributed by atoms with E-state index in [1.54, 1.807) is 22.2 Å². The predicted molar refractivity (Wildman–Crippen MR) is 102 cm³/mol. The summed E-state index contributed by atoms with van der Waals surface area (Å²) in [5, 5.41) is 5.59. The van der Waals surface area contributed by atoms with E-state index in [-0.39, 0.29) is 11.9 Å². The lowest BCUT2D eigenvalue weighted by molar-refractivity contribution is 0.0623. The minimum Gasteiger partial charge on any atom is -0.333 e. The second-order valence-corrected chi connectivity index (χ2v) is 8.79. The fourth-order valence-electron chi connectivity index (χ4n) is 4.50. The summed E-state index contributed by atoms with van der Waals surface area (Å²) >= 11 is 1.78. The van der Waals surface area contributed by atoms with E-state index in [1.807, 2.05) is 4.90 Å². The van der Waals surface area contributed by atoms with Gasteiger partial charge in [0.05, 0.1) is 5.39 Å². The summed E-state index contributed by atoms with van der Waals surface area (Å²) in [6, 6.07) is 0.259. The van der Waals surface area contributed by atoms with Gasteiger partial charge in [-0.3, -0.25) is 4.79 Å². The predicted octanol–water partition coefficient (Wildman–Crippen LogP) is 3.79. The van der Waals surface area contributed by atoms with Gasteiger partial charge in [0.2, 0.25) is 5.82 Å². The molecule has 0 spiro atoms. The number of piperidine rings is 1. The molecular weight excluding hydrogens is 346 g/mol. The van der Waals surface area contributed by atoms with Crippen molar-refractivity contribution in [3.05, 3.63) is 22.6 Å². The normalized spacial score (nSPS) is 23.5. The maximum absolute atomic E-state index is 13.0. The lowest BCUT2D eigenvalue weighted by Gasteiger charge is -2.32. The maximum Gasteiger partial charge on any atom is 0.293 e. The summed E-state index contributed by atoms with van der Waals surface area (Å²) in [7, 11) is 0. The molecule has 1 amide bonds. The number of hydrogen-bond acceptors (Lipinski definition) is 5. The molecule has 0 N–H and O–H groups in total. The third-order valence-electron chi connectivity index (χ3n) is 5.93. The van der Waals surface area contributed by atoms with E-state index in [0.717, 1.165) is 41.7 Å². The van der Waals surface area contributed by atoms with Gasteiger partial charge >= 0.3 is 0 Å². The van der Waals surface area contributed by atoms with Crippen LogP contribution in [0.15, 0.2) is 6.33 Å². The van der Waals surface area contributed by atoms with Crippen LogP contribution in [0, 0.1) is 0 Å². The highest BCUT2D eigenvalue weighted by Gasteiger charge is 2.29. The van der Waals surface area contributed by atoms with E-state index in [4.69, 9.17) is 4.98 Å². The zero-order valence-electron chi connectivity index (χ0n) is 15.2. The van der Waals surface area contributed by atoms with Crippen molar-refractivity contribution >= 4 is 33.1 Å². The molecule has 0 bridgehead atoms. The molecule has 0 radical (unpaired) electrons. The SMILES string of the molecule is C[C@@H]1CCCc2sc3ncn4nc(C(=O)N5CCCC[C@@H]5C)nc4c3c21. The van der Waals surface area contributed by atoms with E-state index in [0.29, 0.717) is 11.7 Å². The molecule has 4 heterocycles. The topological polar surface area (TPSA) is 63.4 Å². The third-order valence-corrected chi connectivity index (χ3v) is 7.10. The molecule has 2 aliphatic rings. The molecule has 1 saturated heterocycles. The molecule has 26 heavy (non-hydrogen) atoms. The first-order valence-corrected chi connectivity index (χ1v) is 10.4. The lowest BCUT2D eigenvalue weighted by Crippen LogP contribution is -2.42. The molecule has 0 aromatic carbocycles. The van der Waals surface area contributed by atoms with Gasteiger partial charge in [-0.05, 0) is 56.9 Å². The molecule has 5 rings (SSSR count). The number of aryl methyl sites for hydroxylation is 1. The highest BCUT2D eigenvalue weighted by atomic mass is 32.1. The minimum absolute atomic E-state index is 0.0498. The first-order valence-electron chi connectivity index (χ1n) is 9.61. The van der Waals surface area contributed by atoms with Crippen molar-refractivity contribution in [3.63, 3.8) is 0 Å². The largest absolute Gasteiger partial charge is 0.333 e. The van der Waals surface area contributed by atoms with Crippen LogP contribution in [0.3, 0.4) is 0 Å². The second-order valence-electron chi connectivity index (χ2n) is 7.70. The van der Waals surface area contributed by atoms with E-state index < -0.39 is 0 Å². The van der Waals surface area contributed by atoms with Crippen LogP contribution in [0.25, 0.3) is 15.9 Å². The Morgan fingerprint density at radius 2 is 2.12 bits per heavy atom. The fourth-order valence-corrected chi connectivity index (χ4v) is 5.80. The maximum atomic E-state index is 13.0. The van der Waals surface area contributed by atoms with Gasteiger partial charge in [0.1, 0.15) is 11.2 Å². The Balaban J connectivity index is 1.64. The molecular formula is C19H23N5OS. The van der Waals surface area contributed by atoms with Gasteiger partial charge < -0.3 is 4.90 Å².